The van der Waals surface area contributed by atoms with Crippen molar-refractivity contribution in [3.63, 3.8) is 0 Å². The van der Waals surface area contributed by atoms with Gasteiger partial charge in [-0.2, -0.15) is 0 Å². The number of amides is 1. The number of nitrogens with one attached hydrogen (secondary N) is 1. The molecule has 0 aliphatic heterocycles. The smallest absolute Gasteiger partial charge is 0.259 e. The van der Waals surface area contributed by atoms with Crippen molar-refractivity contribution >= 4 is 17.0 Å². The lowest BCUT2D eigenvalue weighted by molar-refractivity contribution is 0.0941. The summed E-state index contributed by atoms with van der Waals surface area (Å²) in [5, 5.41) is 7.98. The van der Waals surface area contributed by atoms with E-state index in [9.17, 15) is 4.79 Å². The summed E-state index contributed by atoms with van der Waals surface area (Å²) in [5.74, 6) is 0.443. The summed E-state index contributed by atoms with van der Waals surface area (Å²) >= 11 is 0. The molecule has 0 aromatic carbocycles. The molecule has 1 aliphatic carbocycles. The summed E-state index contributed by atoms with van der Waals surface area (Å²) in [6.45, 7) is 6.03. The van der Waals surface area contributed by atoms with E-state index in [2.05, 4.69) is 20.4 Å². The van der Waals surface area contributed by atoms with Gasteiger partial charge in [-0.05, 0) is 49.4 Å². The highest BCUT2D eigenvalue weighted by atomic mass is 16.5. The molecule has 3 heterocycles. The Morgan fingerprint density at radius 2 is 1.96 bits per heavy atom. The minimum absolute atomic E-state index is 0.125. The van der Waals surface area contributed by atoms with Crippen LogP contribution in [0.25, 0.3) is 11.1 Å². The standard InChI is InChI=1S/C20H22N4O2/c1-11(2)18-17-15(10-16(14-4-5-14)23-20(17)26-24-18)19(25)22-12(3)13-6-8-21-9-7-13/h6-12,14H,4-5H2,1-3H3,(H,22,25). The molecular weight excluding hydrogens is 328 g/mol. The maximum atomic E-state index is 13.1. The molecule has 1 unspecified atom stereocenters. The summed E-state index contributed by atoms with van der Waals surface area (Å²) in [6, 6.07) is 5.60. The first-order chi connectivity index (χ1) is 12.5. The third-order valence-corrected chi connectivity index (χ3v) is 4.83. The molecule has 6 nitrogen and oxygen atoms in total. The van der Waals surface area contributed by atoms with Crippen LogP contribution in [0.2, 0.25) is 0 Å². The lowest BCUT2D eigenvalue weighted by Crippen LogP contribution is -2.27. The molecule has 0 bridgehead atoms. The second-order valence-electron chi connectivity index (χ2n) is 7.25. The van der Waals surface area contributed by atoms with Crippen molar-refractivity contribution in [2.24, 2.45) is 0 Å². The van der Waals surface area contributed by atoms with Crippen LogP contribution < -0.4 is 5.32 Å². The van der Waals surface area contributed by atoms with Crippen LogP contribution in [0.15, 0.2) is 35.1 Å². The molecule has 0 saturated heterocycles. The van der Waals surface area contributed by atoms with Crippen LogP contribution in [-0.4, -0.2) is 21.0 Å². The van der Waals surface area contributed by atoms with E-state index >= 15 is 0 Å². The second-order valence-corrected chi connectivity index (χ2v) is 7.25. The highest BCUT2D eigenvalue weighted by Crippen LogP contribution is 2.41. The van der Waals surface area contributed by atoms with Gasteiger partial charge in [-0.1, -0.05) is 19.0 Å². The zero-order chi connectivity index (χ0) is 18.3. The third kappa shape index (κ3) is 3.07. The van der Waals surface area contributed by atoms with Gasteiger partial charge in [-0.15, -0.1) is 0 Å². The van der Waals surface area contributed by atoms with Crippen molar-refractivity contribution in [3.8, 4) is 0 Å². The lowest BCUT2D eigenvalue weighted by atomic mass is 10.0. The van der Waals surface area contributed by atoms with Crippen LogP contribution >= 0.6 is 0 Å². The highest BCUT2D eigenvalue weighted by Gasteiger charge is 2.29. The van der Waals surface area contributed by atoms with Crippen molar-refractivity contribution in [2.75, 3.05) is 0 Å². The van der Waals surface area contributed by atoms with Gasteiger partial charge in [0.2, 0.25) is 0 Å². The Balaban J connectivity index is 1.73. The summed E-state index contributed by atoms with van der Waals surface area (Å²) in [7, 11) is 0. The number of hydrogen-bond acceptors (Lipinski definition) is 5. The molecule has 3 aromatic rings. The number of nitrogens with zero attached hydrogens (tertiary/aromatic N) is 3. The quantitative estimate of drug-likeness (QED) is 0.749. The Kier molecular flexibility index (Phi) is 4.18. The maximum Gasteiger partial charge on any atom is 0.259 e. The fraction of sp³-hybridized carbons (Fsp3) is 0.400. The van der Waals surface area contributed by atoms with E-state index in [-0.39, 0.29) is 17.9 Å². The monoisotopic (exact) mass is 350 g/mol. The normalized spacial score (nSPS) is 15.4. The lowest BCUT2D eigenvalue weighted by Gasteiger charge is -2.15. The molecule has 0 spiro atoms. The number of aromatic nitrogens is 3. The Bertz CT molecular complexity index is 945. The molecule has 0 radical (unpaired) electrons. The fourth-order valence-electron chi connectivity index (χ4n) is 3.16. The molecule has 134 valence electrons. The molecule has 1 atom stereocenters. The highest BCUT2D eigenvalue weighted by molar-refractivity contribution is 6.06. The second kappa shape index (κ2) is 6.52. The first-order valence-electron chi connectivity index (χ1n) is 9.05. The number of hydrogen-bond donors (Lipinski definition) is 1. The van der Waals surface area contributed by atoms with Crippen molar-refractivity contribution in [3.05, 3.63) is 53.1 Å². The van der Waals surface area contributed by atoms with Crippen molar-refractivity contribution < 1.29 is 9.32 Å². The van der Waals surface area contributed by atoms with Crippen molar-refractivity contribution in [2.45, 2.75) is 51.5 Å². The van der Waals surface area contributed by atoms with E-state index in [1.165, 1.54) is 0 Å². The largest absolute Gasteiger partial charge is 0.345 e. The van der Waals surface area contributed by atoms with E-state index in [4.69, 9.17) is 4.52 Å². The topological polar surface area (TPSA) is 80.9 Å². The Hall–Kier alpha value is -2.76. The van der Waals surface area contributed by atoms with Crippen LogP contribution in [0.4, 0.5) is 0 Å². The predicted octanol–water partition coefficient (Wildman–Crippen LogP) is 4.11. The first kappa shape index (κ1) is 16.7. The van der Waals surface area contributed by atoms with Gasteiger partial charge in [-0.3, -0.25) is 9.78 Å². The van der Waals surface area contributed by atoms with Crippen molar-refractivity contribution in [1.82, 2.24) is 20.4 Å². The van der Waals surface area contributed by atoms with Crippen molar-refractivity contribution in [1.29, 1.82) is 0 Å². The van der Waals surface area contributed by atoms with Gasteiger partial charge in [0.15, 0.2) is 0 Å². The van der Waals surface area contributed by atoms with Crippen LogP contribution in [0, 0.1) is 0 Å². The minimum Gasteiger partial charge on any atom is -0.345 e. The fourth-order valence-corrected chi connectivity index (χ4v) is 3.16. The number of carbonyl (C=O) groups is 1. The SMILES string of the molecule is CC(C)c1noc2nc(C3CC3)cc(C(=O)NC(C)c3ccncc3)c12. The average molecular weight is 350 g/mol. The Morgan fingerprint density at radius 3 is 2.62 bits per heavy atom. The van der Waals surface area contributed by atoms with Crippen LogP contribution in [0.5, 0.6) is 0 Å². The Labute approximate surface area is 152 Å². The Morgan fingerprint density at radius 1 is 1.23 bits per heavy atom. The predicted molar refractivity (Wildman–Crippen MR) is 98.0 cm³/mol. The van der Waals surface area contributed by atoms with Gasteiger partial charge in [0.25, 0.3) is 11.6 Å². The third-order valence-electron chi connectivity index (χ3n) is 4.83. The number of fused-ring (bicyclic) bond motifs is 1. The zero-order valence-electron chi connectivity index (χ0n) is 15.2. The molecule has 1 fully saturated rings. The molecule has 4 rings (SSSR count). The number of rotatable bonds is 5. The molecule has 1 saturated carbocycles. The van der Waals surface area contributed by atoms with E-state index < -0.39 is 0 Å². The van der Waals surface area contributed by atoms with Crippen LogP contribution in [0.1, 0.15) is 78.8 Å². The van der Waals surface area contributed by atoms with Gasteiger partial charge in [0.1, 0.15) is 0 Å². The van der Waals surface area contributed by atoms with E-state index in [0.717, 1.165) is 35.2 Å². The van der Waals surface area contributed by atoms with Crippen LogP contribution in [-0.2, 0) is 0 Å². The minimum atomic E-state index is -0.131. The van der Waals surface area contributed by atoms with Gasteiger partial charge in [-0.25, -0.2) is 4.98 Å². The summed E-state index contributed by atoms with van der Waals surface area (Å²) in [4.78, 5) is 21.7. The summed E-state index contributed by atoms with van der Waals surface area (Å²) < 4.78 is 5.46. The van der Waals surface area contributed by atoms with Gasteiger partial charge in [0.05, 0.1) is 22.7 Å². The van der Waals surface area contributed by atoms with Gasteiger partial charge in [0, 0.05) is 24.0 Å². The number of pyridine rings is 2. The molecule has 1 amide bonds. The average Bonchev–Trinajstić information content (AvgIpc) is 3.40. The zero-order valence-corrected chi connectivity index (χ0v) is 15.2. The molecule has 1 N–H and O–H groups in total. The van der Waals surface area contributed by atoms with E-state index in [1.54, 1.807) is 12.4 Å². The molecular formula is C20H22N4O2. The summed E-state index contributed by atoms with van der Waals surface area (Å²) in [6.07, 6.45) is 5.67. The maximum absolute atomic E-state index is 13.1. The number of carbonyl (C=O) groups excluding carboxylic acids is 1. The van der Waals surface area contributed by atoms with Gasteiger partial charge < -0.3 is 9.84 Å². The molecule has 1 aliphatic rings. The van der Waals surface area contributed by atoms with Crippen LogP contribution in [0.3, 0.4) is 0 Å². The molecule has 6 heteroatoms. The summed E-state index contributed by atoms with van der Waals surface area (Å²) in [5.41, 5.74) is 3.76. The van der Waals surface area contributed by atoms with E-state index in [0.29, 0.717) is 17.2 Å². The van der Waals surface area contributed by atoms with Gasteiger partial charge >= 0.3 is 0 Å². The first-order valence-corrected chi connectivity index (χ1v) is 9.05. The molecule has 26 heavy (non-hydrogen) atoms. The molecule has 3 aromatic heterocycles. The van der Waals surface area contributed by atoms with E-state index in [1.807, 2.05) is 39.0 Å².